The highest BCUT2D eigenvalue weighted by atomic mass is 35.5. The topological polar surface area (TPSA) is 52.3 Å². The van der Waals surface area contributed by atoms with Crippen molar-refractivity contribution in [2.24, 2.45) is 11.1 Å². The van der Waals surface area contributed by atoms with Gasteiger partial charge >= 0.3 is 5.97 Å². The highest BCUT2D eigenvalue weighted by Gasteiger charge is 2.26. The van der Waals surface area contributed by atoms with E-state index in [0.29, 0.717) is 18.0 Å². The van der Waals surface area contributed by atoms with E-state index in [0.717, 1.165) is 0 Å². The zero-order valence-electron chi connectivity index (χ0n) is 8.10. The minimum Gasteiger partial charge on any atom is -0.461 e. The van der Waals surface area contributed by atoms with Crippen molar-refractivity contribution in [1.82, 2.24) is 0 Å². The highest BCUT2D eigenvalue weighted by molar-refractivity contribution is 6.18. The molecular weight excluding hydrogens is 190 g/mol. The minimum atomic E-state index is -0.423. The third-order valence-corrected chi connectivity index (χ3v) is 2.42. The maximum absolute atomic E-state index is 11.3. The molecule has 0 saturated heterocycles. The smallest absolute Gasteiger partial charge is 0.334 e. The average molecular weight is 206 g/mol. The molecule has 0 fully saturated rings. The molecule has 0 bridgehead atoms. The van der Waals surface area contributed by atoms with Crippen LogP contribution in [0, 0.1) is 5.41 Å². The Labute approximate surface area is 83.9 Å². The van der Waals surface area contributed by atoms with E-state index in [4.69, 9.17) is 22.1 Å². The first-order valence-electron chi connectivity index (χ1n) is 4.08. The van der Waals surface area contributed by atoms with Crippen LogP contribution in [0.15, 0.2) is 12.2 Å². The molecule has 0 saturated carbocycles. The van der Waals surface area contributed by atoms with Gasteiger partial charge in [-0.1, -0.05) is 20.4 Å². The van der Waals surface area contributed by atoms with Gasteiger partial charge in [0.1, 0.15) is 6.61 Å². The maximum Gasteiger partial charge on any atom is 0.334 e. The Kier molecular flexibility index (Phi) is 5.03. The molecule has 0 rings (SSSR count). The van der Waals surface area contributed by atoms with E-state index >= 15 is 0 Å². The quantitative estimate of drug-likeness (QED) is 0.418. The van der Waals surface area contributed by atoms with E-state index in [1.807, 2.05) is 13.8 Å². The van der Waals surface area contributed by atoms with Gasteiger partial charge in [0.05, 0.1) is 0 Å². The van der Waals surface area contributed by atoms with Crippen LogP contribution in [0.2, 0.25) is 0 Å². The Morgan fingerprint density at radius 3 is 2.54 bits per heavy atom. The van der Waals surface area contributed by atoms with Gasteiger partial charge in [0.15, 0.2) is 0 Å². The van der Waals surface area contributed by atoms with Crippen LogP contribution in [0.1, 0.15) is 13.8 Å². The largest absolute Gasteiger partial charge is 0.461 e. The predicted molar refractivity (Wildman–Crippen MR) is 53.7 cm³/mol. The van der Waals surface area contributed by atoms with E-state index in [-0.39, 0.29) is 6.61 Å². The second-order valence-corrected chi connectivity index (χ2v) is 3.69. The van der Waals surface area contributed by atoms with Crippen molar-refractivity contribution in [2.45, 2.75) is 13.8 Å². The third kappa shape index (κ3) is 3.79. The molecule has 0 aromatic carbocycles. The molecule has 76 valence electrons. The Hall–Kier alpha value is -0.540. The molecule has 0 aromatic heterocycles. The van der Waals surface area contributed by atoms with Gasteiger partial charge in [-0.15, -0.1) is 11.6 Å². The van der Waals surface area contributed by atoms with Gasteiger partial charge in [0.2, 0.25) is 0 Å². The summed E-state index contributed by atoms with van der Waals surface area (Å²) in [6.07, 6.45) is 0. The summed E-state index contributed by atoms with van der Waals surface area (Å²) in [6, 6.07) is 0. The Morgan fingerprint density at radius 1 is 1.62 bits per heavy atom. The fourth-order valence-electron chi connectivity index (χ4n) is 0.596. The summed E-state index contributed by atoms with van der Waals surface area (Å²) in [4.78, 5) is 11.3. The molecule has 0 aliphatic carbocycles. The number of ether oxygens (including phenoxy) is 1. The normalized spacial score (nSPS) is 11.1. The van der Waals surface area contributed by atoms with Crippen molar-refractivity contribution in [3.63, 3.8) is 0 Å². The summed E-state index contributed by atoms with van der Waals surface area (Å²) in [7, 11) is 0. The average Bonchev–Trinajstić information content (AvgIpc) is 2.12. The summed E-state index contributed by atoms with van der Waals surface area (Å²) >= 11 is 5.67. The fourth-order valence-corrected chi connectivity index (χ4v) is 0.757. The zero-order chi connectivity index (χ0) is 10.5. The van der Waals surface area contributed by atoms with Crippen LogP contribution in [0.3, 0.4) is 0 Å². The van der Waals surface area contributed by atoms with Crippen LogP contribution in [0.5, 0.6) is 0 Å². The Bertz CT molecular complexity index is 202. The van der Waals surface area contributed by atoms with Crippen LogP contribution in [-0.2, 0) is 9.53 Å². The van der Waals surface area contributed by atoms with Crippen molar-refractivity contribution >= 4 is 17.6 Å². The van der Waals surface area contributed by atoms with Crippen LogP contribution >= 0.6 is 11.6 Å². The van der Waals surface area contributed by atoms with Crippen molar-refractivity contribution in [1.29, 1.82) is 0 Å². The highest BCUT2D eigenvalue weighted by Crippen LogP contribution is 2.26. The number of carbonyl (C=O) groups is 1. The first-order chi connectivity index (χ1) is 5.95. The molecule has 0 aromatic rings. The molecule has 4 heteroatoms. The van der Waals surface area contributed by atoms with Crippen LogP contribution in [-0.4, -0.2) is 25.0 Å². The summed E-state index contributed by atoms with van der Waals surface area (Å²) < 4.78 is 4.82. The molecule has 13 heavy (non-hydrogen) atoms. The monoisotopic (exact) mass is 205 g/mol. The first-order valence-corrected chi connectivity index (χ1v) is 4.61. The lowest BCUT2D eigenvalue weighted by atomic mass is 9.87. The standard InChI is InChI=1S/C9H16ClNO2/c1-7(9(2,3)6-10)8(12)13-5-4-11/h1,4-6,11H2,2-3H3. The van der Waals surface area contributed by atoms with Gasteiger partial charge in [0.25, 0.3) is 0 Å². The minimum absolute atomic E-state index is 0.218. The first kappa shape index (κ1) is 12.5. The van der Waals surface area contributed by atoms with Crippen LogP contribution in [0.25, 0.3) is 0 Å². The summed E-state index contributed by atoms with van der Waals surface area (Å²) in [5.41, 5.74) is 5.15. The molecule has 0 aliphatic heterocycles. The lowest BCUT2D eigenvalue weighted by molar-refractivity contribution is -0.139. The molecule has 0 atom stereocenters. The van der Waals surface area contributed by atoms with Gasteiger partial charge < -0.3 is 10.5 Å². The van der Waals surface area contributed by atoms with Crippen molar-refractivity contribution in [2.75, 3.05) is 19.0 Å². The molecule has 0 spiro atoms. The lowest BCUT2D eigenvalue weighted by Gasteiger charge is -2.22. The lowest BCUT2D eigenvalue weighted by Crippen LogP contribution is -2.25. The van der Waals surface area contributed by atoms with E-state index < -0.39 is 11.4 Å². The van der Waals surface area contributed by atoms with Crippen molar-refractivity contribution < 1.29 is 9.53 Å². The number of hydrogen-bond acceptors (Lipinski definition) is 3. The Balaban J connectivity index is 4.18. The van der Waals surface area contributed by atoms with Gasteiger partial charge in [-0.25, -0.2) is 4.79 Å². The summed E-state index contributed by atoms with van der Waals surface area (Å²) in [6.45, 7) is 7.87. The number of halogens is 1. The SMILES string of the molecule is C=C(C(=O)OCCN)C(C)(C)CCl. The molecule has 0 amide bonds. The van der Waals surface area contributed by atoms with Crippen molar-refractivity contribution in [3.8, 4) is 0 Å². The second kappa shape index (κ2) is 5.25. The molecule has 3 nitrogen and oxygen atoms in total. The third-order valence-electron chi connectivity index (χ3n) is 1.75. The maximum atomic E-state index is 11.3. The molecule has 0 unspecified atom stereocenters. The molecule has 0 heterocycles. The van der Waals surface area contributed by atoms with Crippen LogP contribution in [0.4, 0.5) is 0 Å². The summed E-state index contributed by atoms with van der Waals surface area (Å²) in [5, 5.41) is 0. The van der Waals surface area contributed by atoms with Crippen LogP contribution < -0.4 is 5.73 Å². The van der Waals surface area contributed by atoms with Gasteiger partial charge in [-0.05, 0) is 0 Å². The Morgan fingerprint density at radius 2 is 2.15 bits per heavy atom. The van der Waals surface area contributed by atoms with Crippen molar-refractivity contribution in [3.05, 3.63) is 12.2 Å². The number of alkyl halides is 1. The fraction of sp³-hybridized carbons (Fsp3) is 0.667. The van der Waals surface area contributed by atoms with Gasteiger partial charge in [0, 0.05) is 23.4 Å². The predicted octanol–water partition coefficient (Wildman–Crippen LogP) is 1.31. The molecule has 0 aliphatic rings. The number of rotatable bonds is 5. The van der Waals surface area contributed by atoms with E-state index in [9.17, 15) is 4.79 Å². The van der Waals surface area contributed by atoms with E-state index in [1.54, 1.807) is 0 Å². The second-order valence-electron chi connectivity index (χ2n) is 3.42. The van der Waals surface area contributed by atoms with E-state index in [2.05, 4.69) is 6.58 Å². The number of nitrogens with two attached hydrogens (primary N) is 1. The van der Waals surface area contributed by atoms with E-state index in [1.165, 1.54) is 0 Å². The number of esters is 1. The van der Waals surface area contributed by atoms with Gasteiger partial charge in [-0.3, -0.25) is 0 Å². The molecule has 2 N–H and O–H groups in total. The zero-order valence-corrected chi connectivity index (χ0v) is 8.86. The molecular formula is C9H16ClNO2. The molecule has 0 radical (unpaired) electrons. The summed E-state index contributed by atoms with van der Waals surface area (Å²) in [5.74, 6) is -0.0834. The van der Waals surface area contributed by atoms with Gasteiger partial charge in [-0.2, -0.15) is 0 Å². The number of hydrogen-bond donors (Lipinski definition) is 1. The number of carbonyl (C=O) groups excluding carboxylic acids is 1.